The molecule has 3 aromatic rings. The van der Waals surface area contributed by atoms with E-state index in [4.69, 9.17) is 14.2 Å². The molecular weight excluding hydrogens is 396 g/mol. The lowest BCUT2D eigenvalue weighted by atomic mass is 9.76. The fraction of sp³-hybridized carbons (Fsp3) is 0.500. The highest BCUT2D eigenvalue weighted by molar-refractivity contribution is 5.95. The van der Waals surface area contributed by atoms with E-state index in [2.05, 4.69) is 15.2 Å². The predicted octanol–water partition coefficient (Wildman–Crippen LogP) is 2.87. The van der Waals surface area contributed by atoms with E-state index in [1.54, 1.807) is 25.7 Å². The van der Waals surface area contributed by atoms with Gasteiger partial charge in [-0.15, -0.1) is 0 Å². The van der Waals surface area contributed by atoms with Gasteiger partial charge in [-0.1, -0.05) is 5.16 Å². The third-order valence-corrected chi connectivity index (χ3v) is 6.11. The zero-order chi connectivity index (χ0) is 21.8. The van der Waals surface area contributed by atoms with Crippen molar-refractivity contribution >= 4 is 5.91 Å². The first-order valence-corrected chi connectivity index (χ1v) is 10.6. The molecule has 1 aliphatic heterocycles. The smallest absolute Gasteiger partial charge is 0.258 e. The summed E-state index contributed by atoms with van der Waals surface area (Å²) in [4.78, 5) is 24.0. The summed E-state index contributed by atoms with van der Waals surface area (Å²) in [5.74, 6) is 1.07. The van der Waals surface area contributed by atoms with Gasteiger partial charge in [0.1, 0.15) is 0 Å². The van der Waals surface area contributed by atoms with E-state index in [0.717, 1.165) is 30.6 Å². The summed E-state index contributed by atoms with van der Waals surface area (Å²) in [7, 11) is 1.68. The van der Waals surface area contributed by atoms with E-state index in [1.165, 1.54) is 0 Å². The van der Waals surface area contributed by atoms with Gasteiger partial charge in [0.05, 0.1) is 17.2 Å². The minimum Gasteiger partial charge on any atom is -0.385 e. The first-order valence-electron chi connectivity index (χ1n) is 10.6. The third kappa shape index (κ3) is 4.10. The van der Waals surface area contributed by atoms with Gasteiger partial charge in [-0.25, -0.2) is 0 Å². The number of piperidine rings is 1. The van der Waals surface area contributed by atoms with Gasteiger partial charge < -0.3 is 14.2 Å². The Hall–Kier alpha value is -3.07. The highest BCUT2D eigenvalue weighted by Gasteiger charge is 2.42. The predicted molar refractivity (Wildman–Crippen MR) is 113 cm³/mol. The molecule has 31 heavy (non-hydrogen) atoms. The first kappa shape index (κ1) is 21.2. The van der Waals surface area contributed by atoms with Crippen molar-refractivity contribution in [3.8, 4) is 11.5 Å². The van der Waals surface area contributed by atoms with Crippen LogP contribution in [0.5, 0.6) is 0 Å². The van der Waals surface area contributed by atoms with Crippen LogP contribution in [-0.2, 0) is 16.7 Å². The summed E-state index contributed by atoms with van der Waals surface area (Å²) in [6, 6.07) is 3.67. The van der Waals surface area contributed by atoms with Crippen LogP contribution < -0.4 is 0 Å². The molecule has 0 aromatic carbocycles. The molecule has 4 rings (SSSR count). The molecule has 1 aliphatic rings. The van der Waals surface area contributed by atoms with Crippen molar-refractivity contribution in [2.75, 3.05) is 26.8 Å². The highest BCUT2D eigenvalue weighted by Crippen LogP contribution is 2.37. The maximum absolute atomic E-state index is 13.3. The van der Waals surface area contributed by atoms with Crippen molar-refractivity contribution in [1.82, 2.24) is 29.8 Å². The van der Waals surface area contributed by atoms with Crippen LogP contribution in [0, 0.1) is 6.92 Å². The number of aromatic nitrogens is 5. The Morgan fingerprint density at radius 3 is 2.84 bits per heavy atom. The minimum atomic E-state index is -0.423. The number of methoxy groups -OCH3 is 1. The molecule has 1 atom stereocenters. The van der Waals surface area contributed by atoms with Crippen LogP contribution in [0.15, 0.2) is 35.2 Å². The van der Waals surface area contributed by atoms with Crippen LogP contribution >= 0.6 is 0 Å². The fourth-order valence-corrected chi connectivity index (χ4v) is 4.30. The van der Waals surface area contributed by atoms with E-state index in [9.17, 15) is 4.79 Å². The minimum absolute atomic E-state index is 0.00320. The Labute approximate surface area is 181 Å². The lowest BCUT2D eigenvalue weighted by Gasteiger charge is -2.40. The van der Waals surface area contributed by atoms with Gasteiger partial charge in [0.2, 0.25) is 0 Å². The van der Waals surface area contributed by atoms with Crippen LogP contribution in [0.4, 0.5) is 0 Å². The maximum atomic E-state index is 13.3. The van der Waals surface area contributed by atoms with Gasteiger partial charge in [0.25, 0.3) is 11.8 Å². The summed E-state index contributed by atoms with van der Waals surface area (Å²) in [5.41, 5.74) is 1.94. The van der Waals surface area contributed by atoms with Gasteiger partial charge in [0, 0.05) is 57.0 Å². The zero-order valence-electron chi connectivity index (χ0n) is 18.2. The number of aryl methyl sites for hydroxylation is 1. The van der Waals surface area contributed by atoms with Gasteiger partial charge in [-0.3, -0.25) is 14.5 Å². The Kier molecular flexibility index (Phi) is 6.13. The summed E-state index contributed by atoms with van der Waals surface area (Å²) in [6.45, 7) is 6.44. The molecule has 3 aromatic heterocycles. The topological polar surface area (TPSA) is 99.2 Å². The average Bonchev–Trinajstić information content (AvgIpc) is 3.45. The first-order chi connectivity index (χ1) is 15.1. The van der Waals surface area contributed by atoms with Crippen LogP contribution in [0.3, 0.4) is 0 Å². The van der Waals surface area contributed by atoms with Crippen LogP contribution in [0.25, 0.3) is 11.5 Å². The third-order valence-electron chi connectivity index (χ3n) is 6.11. The lowest BCUT2D eigenvalue weighted by Crippen LogP contribution is -2.49. The van der Waals surface area contributed by atoms with Gasteiger partial charge >= 0.3 is 0 Å². The molecule has 0 saturated carbocycles. The van der Waals surface area contributed by atoms with Crippen LogP contribution in [0.2, 0.25) is 0 Å². The molecule has 1 unspecified atom stereocenters. The zero-order valence-corrected chi connectivity index (χ0v) is 18.2. The summed E-state index contributed by atoms with van der Waals surface area (Å²) >= 11 is 0. The molecule has 0 aliphatic carbocycles. The number of carbonyl (C=O) groups is 1. The van der Waals surface area contributed by atoms with Gasteiger partial charge in [-0.2, -0.15) is 10.1 Å². The Bertz CT molecular complexity index is 1030. The molecule has 164 valence electrons. The van der Waals surface area contributed by atoms with Crippen molar-refractivity contribution in [3.63, 3.8) is 0 Å². The summed E-state index contributed by atoms with van der Waals surface area (Å²) in [6.07, 6.45) is 7.48. The Balaban J connectivity index is 1.63. The number of rotatable bonds is 7. The van der Waals surface area contributed by atoms with E-state index in [0.29, 0.717) is 43.4 Å². The second-order valence-corrected chi connectivity index (χ2v) is 7.97. The average molecular weight is 425 g/mol. The quantitative estimate of drug-likeness (QED) is 0.575. The summed E-state index contributed by atoms with van der Waals surface area (Å²) in [5, 5.41) is 8.66. The highest BCUT2D eigenvalue weighted by atomic mass is 16.5. The van der Waals surface area contributed by atoms with E-state index in [1.807, 2.05) is 35.6 Å². The van der Waals surface area contributed by atoms with Gasteiger partial charge in [0.15, 0.2) is 5.82 Å². The molecule has 1 saturated heterocycles. The second kappa shape index (κ2) is 8.97. The van der Waals surface area contributed by atoms with Crippen molar-refractivity contribution < 1.29 is 14.1 Å². The fourth-order valence-electron chi connectivity index (χ4n) is 4.30. The molecule has 4 heterocycles. The van der Waals surface area contributed by atoms with Crippen LogP contribution in [-0.4, -0.2) is 62.5 Å². The molecule has 9 heteroatoms. The summed E-state index contributed by atoms with van der Waals surface area (Å²) < 4.78 is 12.8. The number of pyridine rings is 1. The van der Waals surface area contributed by atoms with Crippen molar-refractivity contribution in [2.45, 2.75) is 45.1 Å². The van der Waals surface area contributed by atoms with Gasteiger partial charge in [-0.05, 0) is 45.2 Å². The molecule has 1 amide bonds. The maximum Gasteiger partial charge on any atom is 0.258 e. The molecular formula is C22H28N6O3. The Morgan fingerprint density at radius 2 is 2.13 bits per heavy atom. The van der Waals surface area contributed by atoms with E-state index >= 15 is 0 Å². The SMILES string of the molecule is CCn1ncc(C(=O)N2CCCC(CCOC)(c3noc(-c4ccncc4)n3)C2)c1C. The molecule has 0 bridgehead atoms. The Morgan fingerprint density at radius 1 is 1.32 bits per heavy atom. The molecule has 1 fully saturated rings. The number of likely N-dealkylation sites (tertiary alicyclic amines) is 1. The van der Waals surface area contributed by atoms with Crippen LogP contribution in [0.1, 0.15) is 48.1 Å². The number of hydrogen-bond acceptors (Lipinski definition) is 7. The molecule has 0 spiro atoms. The van der Waals surface area contributed by atoms with Crippen molar-refractivity contribution in [2.24, 2.45) is 0 Å². The van der Waals surface area contributed by atoms with E-state index < -0.39 is 5.41 Å². The lowest BCUT2D eigenvalue weighted by molar-refractivity contribution is 0.0566. The monoisotopic (exact) mass is 424 g/mol. The molecule has 0 N–H and O–H groups in total. The molecule has 0 radical (unpaired) electrons. The number of amides is 1. The van der Waals surface area contributed by atoms with Crippen molar-refractivity contribution in [3.05, 3.63) is 47.8 Å². The van der Waals surface area contributed by atoms with E-state index in [-0.39, 0.29) is 5.91 Å². The largest absolute Gasteiger partial charge is 0.385 e. The number of carbonyl (C=O) groups excluding carboxylic acids is 1. The number of ether oxygens (including phenoxy) is 1. The molecule has 9 nitrogen and oxygen atoms in total. The number of hydrogen-bond donors (Lipinski definition) is 0. The second-order valence-electron chi connectivity index (χ2n) is 7.97. The number of nitrogens with zero attached hydrogens (tertiary/aromatic N) is 6. The normalized spacial score (nSPS) is 19.0. The standard InChI is InChI=1S/C22H28N6O3/c1-4-28-16(2)18(14-24-28)20(29)27-12-5-8-22(15-27,9-13-30-3)21-25-19(31-26-21)17-6-10-23-11-7-17/h6-7,10-11,14H,4-5,8-9,12-13,15H2,1-3H3. The van der Waals surface area contributed by atoms with Crippen molar-refractivity contribution in [1.29, 1.82) is 0 Å².